The number of amides is 1. The molecule has 1 rings (SSSR count). The molecule has 1 heterocycles. The highest BCUT2D eigenvalue weighted by molar-refractivity contribution is 7.12. The Kier molecular flexibility index (Phi) is 5.80. The van der Waals surface area contributed by atoms with Crippen molar-refractivity contribution >= 4 is 28.9 Å². The molecule has 1 amide bonds. The number of anilines is 1. The number of carbonyl (C=O) groups excluding carboxylic acids is 2. The van der Waals surface area contributed by atoms with Crippen LogP contribution in [0.25, 0.3) is 0 Å². The summed E-state index contributed by atoms with van der Waals surface area (Å²) in [5.41, 5.74) is 0.501. The molecular formula is C12H17NO4S. The highest BCUT2D eigenvalue weighted by atomic mass is 32.1. The molecular weight excluding hydrogens is 254 g/mol. The number of carbonyl (C=O) groups is 2. The molecule has 0 aromatic carbocycles. The molecule has 0 aliphatic carbocycles. The molecule has 0 spiro atoms. The van der Waals surface area contributed by atoms with E-state index in [1.54, 1.807) is 18.6 Å². The van der Waals surface area contributed by atoms with Gasteiger partial charge in [0.05, 0.1) is 12.8 Å². The van der Waals surface area contributed by atoms with Gasteiger partial charge < -0.3 is 14.8 Å². The fourth-order valence-corrected chi connectivity index (χ4v) is 2.29. The summed E-state index contributed by atoms with van der Waals surface area (Å²) in [5.74, 6) is -0.441. The summed E-state index contributed by atoms with van der Waals surface area (Å²) < 4.78 is 9.60. The molecule has 0 saturated carbocycles. The van der Waals surface area contributed by atoms with Gasteiger partial charge in [0.2, 0.25) is 5.91 Å². The Morgan fingerprint density at radius 1 is 1.44 bits per heavy atom. The number of esters is 1. The monoisotopic (exact) mass is 271 g/mol. The van der Waals surface area contributed by atoms with Crippen LogP contribution in [0.1, 0.15) is 23.0 Å². The van der Waals surface area contributed by atoms with Gasteiger partial charge in [0.25, 0.3) is 0 Å². The summed E-state index contributed by atoms with van der Waals surface area (Å²) in [6, 6.07) is 1.69. The maximum Gasteiger partial charge on any atom is 0.350 e. The van der Waals surface area contributed by atoms with Crippen molar-refractivity contribution in [2.24, 2.45) is 5.92 Å². The maximum absolute atomic E-state index is 11.7. The van der Waals surface area contributed by atoms with Crippen LogP contribution in [0.15, 0.2) is 11.4 Å². The topological polar surface area (TPSA) is 64.6 Å². The molecule has 0 saturated heterocycles. The maximum atomic E-state index is 11.7. The SMILES string of the molecule is COCC(C)CC(=O)Nc1ccsc1C(=O)OC. The molecule has 0 radical (unpaired) electrons. The van der Waals surface area contributed by atoms with E-state index in [2.05, 4.69) is 10.1 Å². The second kappa shape index (κ2) is 7.13. The number of hydrogen-bond donors (Lipinski definition) is 1. The van der Waals surface area contributed by atoms with Gasteiger partial charge in [-0.25, -0.2) is 4.79 Å². The fraction of sp³-hybridized carbons (Fsp3) is 0.500. The highest BCUT2D eigenvalue weighted by Gasteiger charge is 2.16. The molecule has 0 aliphatic heterocycles. The van der Waals surface area contributed by atoms with Crippen molar-refractivity contribution in [2.75, 3.05) is 26.1 Å². The molecule has 1 unspecified atom stereocenters. The second-order valence-corrected chi connectivity index (χ2v) is 4.88. The van der Waals surface area contributed by atoms with Gasteiger partial charge in [-0.05, 0) is 17.4 Å². The number of rotatable bonds is 6. The minimum atomic E-state index is -0.440. The minimum absolute atomic E-state index is 0.134. The third-order valence-corrected chi connectivity index (χ3v) is 3.19. The van der Waals surface area contributed by atoms with Gasteiger partial charge in [-0.1, -0.05) is 6.92 Å². The highest BCUT2D eigenvalue weighted by Crippen LogP contribution is 2.23. The summed E-state index contributed by atoms with van der Waals surface area (Å²) in [6.45, 7) is 2.46. The molecule has 1 aromatic heterocycles. The molecule has 1 atom stereocenters. The lowest BCUT2D eigenvalue weighted by Gasteiger charge is -2.10. The standard InChI is InChI=1S/C12H17NO4S/c1-8(7-16-2)6-10(14)13-9-4-5-18-11(9)12(15)17-3/h4-5,8H,6-7H2,1-3H3,(H,13,14). The lowest BCUT2D eigenvalue weighted by molar-refractivity contribution is -0.117. The van der Waals surface area contributed by atoms with Crippen LogP contribution in [0.2, 0.25) is 0 Å². The van der Waals surface area contributed by atoms with E-state index in [1.165, 1.54) is 18.4 Å². The van der Waals surface area contributed by atoms with Gasteiger partial charge in [-0.2, -0.15) is 0 Å². The van der Waals surface area contributed by atoms with E-state index in [0.717, 1.165) is 0 Å². The van der Waals surface area contributed by atoms with Crippen LogP contribution in [0, 0.1) is 5.92 Å². The Balaban J connectivity index is 2.59. The first-order chi connectivity index (χ1) is 8.58. The zero-order valence-electron chi connectivity index (χ0n) is 10.7. The molecule has 5 nitrogen and oxygen atoms in total. The summed E-state index contributed by atoms with van der Waals surface area (Å²) in [6.07, 6.45) is 0.351. The van der Waals surface area contributed by atoms with Crippen molar-refractivity contribution in [3.63, 3.8) is 0 Å². The normalized spacial score (nSPS) is 11.9. The molecule has 100 valence electrons. The zero-order valence-corrected chi connectivity index (χ0v) is 11.5. The van der Waals surface area contributed by atoms with E-state index < -0.39 is 5.97 Å². The number of ether oxygens (including phenoxy) is 2. The molecule has 1 N–H and O–H groups in total. The smallest absolute Gasteiger partial charge is 0.350 e. The van der Waals surface area contributed by atoms with Crippen LogP contribution < -0.4 is 5.32 Å². The van der Waals surface area contributed by atoms with Gasteiger partial charge in [-0.3, -0.25) is 4.79 Å². The molecule has 1 aromatic rings. The van der Waals surface area contributed by atoms with Gasteiger partial charge >= 0.3 is 5.97 Å². The number of hydrogen-bond acceptors (Lipinski definition) is 5. The summed E-state index contributed by atoms with van der Waals surface area (Å²) >= 11 is 1.24. The van der Waals surface area contributed by atoms with E-state index in [-0.39, 0.29) is 11.8 Å². The lowest BCUT2D eigenvalue weighted by Crippen LogP contribution is -2.18. The second-order valence-electron chi connectivity index (χ2n) is 3.97. The van der Waals surface area contributed by atoms with Gasteiger partial charge in [0, 0.05) is 20.1 Å². The Morgan fingerprint density at radius 3 is 2.78 bits per heavy atom. The van der Waals surface area contributed by atoms with Crippen LogP contribution in [-0.2, 0) is 14.3 Å². The third kappa shape index (κ3) is 4.12. The average molecular weight is 271 g/mol. The predicted octanol–water partition coefficient (Wildman–Crippen LogP) is 2.15. The van der Waals surface area contributed by atoms with Gasteiger partial charge in [0.15, 0.2) is 0 Å². The van der Waals surface area contributed by atoms with Crippen LogP contribution in [0.5, 0.6) is 0 Å². The Labute approximate surface area is 110 Å². The first kappa shape index (κ1) is 14.7. The van der Waals surface area contributed by atoms with Crippen molar-refractivity contribution in [1.29, 1.82) is 0 Å². The van der Waals surface area contributed by atoms with E-state index in [0.29, 0.717) is 23.6 Å². The number of methoxy groups -OCH3 is 2. The van der Waals surface area contributed by atoms with Crippen LogP contribution in [0.3, 0.4) is 0 Å². The zero-order chi connectivity index (χ0) is 13.5. The van der Waals surface area contributed by atoms with E-state index in [1.807, 2.05) is 6.92 Å². The average Bonchev–Trinajstić information content (AvgIpc) is 2.76. The van der Waals surface area contributed by atoms with Crippen molar-refractivity contribution < 1.29 is 19.1 Å². The van der Waals surface area contributed by atoms with Gasteiger partial charge in [-0.15, -0.1) is 11.3 Å². The summed E-state index contributed by atoms with van der Waals surface area (Å²) in [5, 5.41) is 4.45. The number of thiophene rings is 1. The number of nitrogens with one attached hydrogen (secondary N) is 1. The minimum Gasteiger partial charge on any atom is -0.465 e. The Bertz CT molecular complexity index is 416. The van der Waals surface area contributed by atoms with E-state index >= 15 is 0 Å². The van der Waals surface area contributed by atoms with Crippen LogP contribution in [-0.4, -0.2) is 32.7 Å². The molecule has 0 bridgehead atoms. The van der Waals surface area contributed by atoms with Crippen molar-refractivity contribution in [2.45, 2.75) is 13.3 Å². The third-order valence-electron chi connectivity index (χ3n) is 2.30. The van der Waals surface area contributed by atoms with Crippen LogP contribution in [0.4, 0.5) is 5.69 Å². The molecule has 0 fully saturated rings. The van der Waals surface area contributed by atoms with Crippen molar-refractivity contribution in [3.8, 4) is 0 Å². The predicted molar refractivity (Wildman–Crippen MR) is 69.9 cm³/mol. The quantitative estimate of drug-likeness (QED) is 0.805. The lowest BCUT2D eigenvalue weighted by atomic mass is 10.1. The molecule has 0 aliphatic rings. The summed E-state index contributed by atoms with van der Waals surface area (Å²) in [4.78, 5) is 23.6. The van der Waals surface area contributed by atoms with E-state index in [4.69, 9.17) is 4.74 Å². The van der Waals surface area contributed by atoms with Crippen LogP contribution >= 0.6 is 11.3 Å². The molecule has 18 heavy (non-hydrogen) atoms. The Morgan fingerprint density at radius 2 is 2.17 bits per heavy atom. The van der Waals surface area contributed by atoms with Crippen molar-refractivity contribution in [3.05, 3.63) is 16.3 Å². The first-order valence-electron chi connectivity index (χ1n) is 5.53. The van der Waals surface area contributed by atoms with Gasteiger partial charge in [0.1, 0.15) is 4.88 Å². The van der Waals surface area contributed by atoms with E-state index in [9.17, 15) is 9.59 Å². The molecule has 6 heteroatoms. The fourth-order valence-electron chi connectivity index (χ4n) is 1.52. The largest absolute Gasteiger partial charge is 0.465 e. The first-order valence-corrected chi connectivity index (χ1v) is 6.41. The summed E-state index contributed by atoms with van der Waals surface area (Å²) in [7, 11) is 2.91. The van der Waals surface area contributed by atoms with Crippen molar-refractivity contribution in [1.82, 2.24) is 0 Å². The Hall–Kier alpha value is -1.40.